The largest absolute Gasteiger partial charge is 0.388 e. The van der Waals surface area contributed by atoms with E-state index in [9.17, 15) is 9.90 Å². The Bertz CT molecular complexity index is 1640. The van der Waals surface area contributed by atoms with Gasteiger partial charge in [-0.2, -0.15) is 5.10 Å². The summed E-state index contributed by atoms with van der Waals surface area (Å²) in [7, 11) is 2.01. The molecule has 1 aliphatic heterocycles. The molecule has 1 amide bonds. The molecule has 0 saturated carbocycles. The van der Waals surface area contributed by atoms with E-state index in [4.69, 9.17) is 9.84 Å². The lowest BCUT2D eigenvalue weighted by Crippen LogP contribution is -2.43. The highest BCUT2D eigenvalue weighted by Crippen LogP contribution is 2.34. The molecule has 39 heavy (non-hydrogen) atoms. The summed E-state index contributed by atoms with van der Waals surface area (Å²) in [6.45, 7) is 5.34. The van der Waals surface area contributed by atoms with Crippen LogP contribution < -0.4 is 10.2 Å². The third-order valence-electron chi connectivity index (χ3n) is 7.14. The number of pyridine rings is 1. The van der Waals surface area contributed by atoms with Gasteiger partial charge in [-0.25, -0.2) is 14.5 Å². The smallest absolute Gasteiger partial charge is 0.272 e. The number of aliphatic hydroxyl groups excluding tert-OH is 1. The predicted molar refractivity (Wildman–Crippen MR) is 149 cm³/mol. The molecule has 1 aliphatic rings. The van der Waals surface area contributed by atoms with Crippen molar-refractivity contribution in [3.8, 4) is 11.3 Å². The Morgan fingerprint density at radius 1 is 1.15 bits per heavy atom. The van der Waals surface area contributed by atoms with Crippen LogP contribution in [0.3, 0.4) is 0 Å². The molecule has 200 valence electrons. The van der Waals surface area contributed by atoms with Gasteiger partial charge in [-0.15, -0.1) is 0 Å². The number of nitrogens with zero attached hydrogens (tertiary/aromatic N) is 6. The number of benzene rings is 1. The van der Waals surface area contributed by atoms with Crippen LogP contribution in [0.2, 0.25) is 0 Å². The summed E-state index contributed by atoms with van der Waals surface area (Å²) >= 11 is 0. The monoisotopic (exact) mass is 525 g/mol. The van der Waals surface area contributed by atoms with Crippen LogP contribution in [0.15, 0.2) is 67.1 Å². The Hall–Kier alpha value is -4.28. The zero-order valence-corrected chi connectivity index (χ0v) is 22.2. The number of carbonyl (C=O) groups excluding carboxylic acids is 1. The molecular weight excluding hydrogens is 494 g/mol. The summed E-state index contributed by atoms with van der Waals surface area (Å²) in [5, 5.41) is 18.9. The Labute approximate surface area is 225 Å². The second-order valence-corrected chi connectivity index (χ2v) is 10.2. The number of ether oxygens (including phenoxy) is 1. The summed E-state index contributed by atoms with van der Waals surface area (Å²) < 4.78 is 9.03. The molecule has 10 heteroatoms. The van der Waals surface area contributed by atoms with Crippen LogP contribution >= 0.6 is 0 Å². The minimum Gasteiger partial charge on any atom is -0.388 e. The van der Waals surface area contributed by atoms with Gasteiger partial charge in [0.25, 0.3) is 5.91 Å². The van der Waals surface area contributed by atoms with Crippen LogP contribution in [-0.2, 0) is 11.3 Å². The lowest BCUT2D eigenvalue weighted by molar-refractivity contribution is 0.0879. The van der Waals surface area contributed by atoms with E-state index in [1.807, 2.05) is 43.4 Å². The summed E-state index contributed by atoms with van der Waals surface area (Å²) in [5.41, 5.74) is 5.33. The van der Waals surface area contributed by atoms with Gasteiger partial charge in [0.1, 0.15) is 5.65 Å². The normalized spacial score (nSPS) is 17.4. The molecule has 2 N–H and O–H groups in total. The Kier molecular flexibility index (Phi) is 6.49. The number of aliphatic hydroxyl groups is 1. The maximum Gasteiger partial charge on any atom is 0.272 e. The van der Waals surface area contributed by atoms with Crippen LogP contribution in [-0.4, -0.2) is 67.6 Å². The molecule has 10 nitrogen and oxygen atoms in total. The zero-order chi connectivity index (χ0) is 27.1. The van der Waals surface area contributed by atoms with Crippen LogP contribution in [0.5, 0.6) is 0 Å². The van der Waals surface area contributed by atoms with Crippen LogP contribution in [0.25, 0.3) is 27.9 Å². The molecule has 0 bridgehead atoms. The molecular formula is C29H31N7O3. The molecule has 1 saturated heterocycles. The van der Waals surface area contributed by atoms with E-state index in [1.165, 1.54) is 6.20 Å². The summed E-state index contributed by atoms with van der Waals surface area (Å²) in [5.74, 6) is -0.371. The first kappa shape index (κ1) is 25.0. The number of aromatic nitrogens is 5. The minimum absolute atomic E-state index is 0.197. The average Bonchev–Trinajstić information content (AvgIpc) is 3.65. The van der Waals surface area contributed by atoms with Crippen LogP contribution in [0.4, 0.5) is 5.69 Å². The van der Waals surface area contributed by atoms with Crippen LogP contribution in [0.1, 0.15) is 35.9 Å². The first-order valence-corrected chi connectivity index (χ1v) is 13.1. The summed E-state index contributed by atoms with van der Waals surface area (Å²) in [4.78, 5) is 24.7. The van der Waals surface area contributed by atoms with E-state index in [2.05, 4.69) is 56.9 Å². The summed E-state index contributed by atoms with van der Waals surface area (Å²) in [6, 6.07) is 15.9. The highest BCUT2D eigenvalue weighted by Gasteiger charge is 2.29. The third-order valence-corrected chi connectivity index (χ3v) is 7.14. The standard InChI is InChI=1S/C29H31N7O3/c1-18(2)35-15-21(20-10-7-11-30-27(20)35)22-12-24(34(3)14-19-8-5-4-6-9-19)28-31-13-25(36(28)33-22)29(38)32-23-16-39-17-26(23)37/h4-13,15,18,23,26,37H,14,16-17H2,1-3H3,(H,32,38)/t23?,26-/m1/s1. The van der Waals surface area contributed by atoms with Crippen molar-refractivity contribution >= 4 is 28.3 Å². The van der Waals surface area contributed by atoms with Gasteiger partial charge in [0.15, 0.2) is 11.3 Å². The van der Waals surface area contributed by atoms with Gasteiger partial charge in [0.2, 0.25) is 0 Å². The molecule has 1 aromatic carbocycles. The van der Waals surface area contributed by atoms with Crippen molar-refractivity contribution in [3.63, 3.8) is 0 Å². The van der Waals surface area contributed by atoms with Crippen molar-refractivity contribution in [2.24, 2.45) is 0 Å². The van der Waals surface area contributed by atoms with E-state index in [0.717, 1.165) is 27.8 Å². The van der Waals surface area contributed by atoms with E-state index in [1.54, 1.807) is 10.7 Å². The third kappa shape index (κ3) is 4.62. The number of imidazole rings is 1. The maximum absolute atomic E-state index is 13.3. The lowest BCUT2D eigenvalue weighted by Gasteiger charge is -2.21. The molecule has 5 heterocycles. The fraction of sp³-hybridized carbons (Fsp3) is 0.310. The van der Waals surface area contributed by atoms with Crippen molar-refractivity contribution in [1.29, 1.82) is 0 Å². The Balaban J connectivity index is 1.50. The van der Waals surface area contributed by atoms with Gasteiger partial charge in [0.05, 0.1) is 42.9 Å². The van der Waals surface area contributed by atoms with Gasteiger partial charge < -0.3 is 24.6 Å². The number of fused-ring (bicyclic) bond motifs is 2. The quantitative estimate of drug-likeness (QED) is 0.335. The second-order valence-electron chi connectivity index (χ2n) is 10.2. The second kappa shape index (κ2) is 10.1. The van der Waals surface area contributed by atoms with Crippen molar-refractivity contribution in [2.75, 3.05) is 25.2 Å². The molecule has 0 spiro atoms. The van der Waals surface area contributed by atoms with Gasteiger partial charge in [-0.3, -0.25) is 4.79 Å². The fourth-order valence-electron chi connectivity index (χ4n) is 5.07. The number of anilines is 1. The summed E-state index contributed by atoms with van der Waals surface area (Å²) in [6.07, 6.45) is 4.64. The fourth-order valence-corrected chi connectivity index (χ4v) is 5.07. The van der Waals surface area contributed by atoms with Crippen molar-refractivity contribution in [1.82, 2.24) is 29.5 Å². The Morgan fingerprint density at radius 2 is 1.97 bits per heavy atom. The van der Waals surface area contributed by atoms with Crippen molar-refractivity contribution in [3.05, 3.63) is 78.4 Å². The van der Waals surface area contributed by atoms with Gasteiger partial charge >= 0.3 is 0 Å². The zero-order valence-electron chi connectivity index (χ0n) is 22.2. The highest BCUT2D eigenvalue weighted by atomic mass is 16.5. The van der Waals surface area contributed by atoms with Gasteiger partial charge in [-0.05, 0) is 37.6 Å². The number of rotatable bonds is 7. The van der Waals surface area contributed by atoms with E-state index < -0.39 is 12.1 Å². The molecule has 2 atom stereocenters. The number of amides is 1. The number of nitrogens with one attached hydrogen (secondary N) is 1. The number of hydrogen-bond acceptors (Lipinski definition) is 7. The molecule has 1 unspecified atom stereocenters. The van der Waals surface area contributed by atoms with E-state index in [-0.39, 0.29) is 30.9 Å². The molecule has 6 rings (SSSR count). The topological polar surface area (TPSA) is 110 Å². The van der Waals surface area contributed by atoms with Crippen LogP contribution in [0, 0.1) is 0 Å². The maximum atomic E-state index is 13.3. The molecule has 1 fully saturated rings. The minimum atomic E-state index is -0.751. The van der Waals surface area contributed by atoms with E-state index in [0.29, 0.717) is 17.9 Å². The molecule has 0 aliphatic carbocycles. The number of carbonyl (C=O) groups is 1. The van der Waals surface area contributed by atoms with Gasteiger partial charge in [0, 0.05) is 43.0 Å². The van der Waals surface area contributed by atoms with Crippen molar-refractivity contribution in [2.45, 2.75) is 38.6 Å². The first-order valence-electron chi connectivity index (χ1n) is 13.1. The Morgan fingerprint density at radius 3 is 2.72 bits per heavy atom. The predicted octanol–water partition coefficient (Wildman–Crippen LogP) is 3.45. The van der Waals surface area contributed by atoms with Gasteiger partial charge in [-0.1, -0.05) is 30.3 Å². The molecule has 5 aromatic rings. The first-order chi connectivity index (χ1) is 18.9. The number of hydrogen-bond donors (Lipinski definition) is 2. The lowest BCUT2D eigenvalue weighted by atomic mass is 10.1. The molecule has 0 radical (unpaired) electrons. The SMILES string of the molecule is CC(C)n1cc(-c2cc(N(C)Cc3ccccc3)c3ncc(C(=O)NC4COC[C@H]4O)n3n2)c2cccnc21. The van der Waals surface area contributed by atoms with E-state index >= 15 is 0 Å². The van der Waals surface area contributed by atoms with Crippen molar-refractivity contribution < 1.29 is 14.6 Å². The average molecular weight is 526 g/mol. The molecule has 4 aromatic heterocycles. The highest BCUT2D eigenvalue weighted by molar-refractivity contribution is 5.96.